The smallest absolute Gasteiger partial charge is 0.333 e. The number of carbonyl (C=O) groups is 1. The van der Waals surface area contributed by atoms with E-state index in [1.165, 1.54) is 12.1 Å². The van der Waals surface area contributed by atoms with Crippen molar-refractivity contribution in [3.05, 3.63) is 75.1 Å². The Morgan fingerprint density at radius 2 is 2.03 bits per heavy atom. The molecule has 1 aromatic heterocycles. The van der Waals surface area contributed by atoms with Crippen LogP contribution in [0.1, 0.15) is 22.6 Å². The molecule has 2 aromatic carbocycles. The molecular weight excluding hydrogens is 410 g/mol. The van der Waals surface area contributed by atoms with Crippen LogP contribution in [-0.2, 0) is 0 Å². The third-order valence-corrected chi connectivity index (χ3v) is 4.05. The average molecular weight is 423 g/mol. The number of amides is 1. The first kappa shape index (κ1) is 20.2. The van der Waals surface area contributed by atoms with E-state index < -0.39 is 23.1 Å². The topological polar surface area (TPSA) is 99.3 Å². The van der Waals surface area contributed by atoms with Crippen LogP contribution in [0.3, 0.4) is 0 Å². The standard InChI is InChI=1S/C18H13ClF2N4O4/c1-10-6-11(19)2-3-16(10)29-14-8-12(7-13(9-14)25(27)28)23-17(26)15-4-5-22-24(15)18(20)21/h2-9,18H,1H3,(H,23,26). The van der Waals surface area contributed by atoms with Crippen molar-refractivity contribution in [1.29, 1.82) is 0 Å². The largest absolute Gasteiger partial charge is 0.457 e. The van der Waals surface area contributed by atoms with Crippen molar-refractivity contribution in [2.45, 2.75) is 13.5 Å². The maximum atomic E-state index is 12.9. The first-order valence-electron chi connectivity index (χ1n) is 8.11. The van der Waals surface area contributed by atoms with E-state index in [4.69, 9.17) is 16.3 Å². The Balaban J connectivity index is 1.91. The summed E-state index contributed by atoms with van der Waals surface area (Å²) in [5.74, 6) is -0.429. The second-order valence-electron chi connectivity index (χ2n) is 5.88. The van der Waals surface area contributed by atoms with Gasteiger partial charge in [-0.1, -0.05) is 11.6 Å². The van der Waals surface area contributed by atoms with Crippen LogP contribution in [0.25, 0.3) is 0 Å². The number of nitrogens with zero attached hydrogens (tertiary/aromatic N) is 3. The van der Waals surface area contributed by atoms with Gasteiger partial charge in [0.2, 0.25) is 0 Å². The fourth-order valence-corrected chi connectivity index (χ4v) is 2.75. The van der Waals surface area contributed by atoms with E-state index in [1.807, 2.05) is 0 Å². The molecule has 1 heterocycles. The molecule has 3 aromatic rings. The molecule has 1 N–H and O–H groups in total. The van der Waals surface area contributed by atoms with Gasteiger partial charge in [-0.2, -0.15) is 18.6 Å². The lowest BCUT2D eigenvalue weighted by molar-refractivity contribution is -0.384. The van der Waals surface area contributed by atoms with Crippen LogP contribution in [0.2, 0.25) is 5.02 Å². The van der Waals surface area contributed by atoms with Crippen molar-refractivity contribution in [1.82, 2.24) is 9.78 Å². The highest BCUT2D eigenvalue weighted by Crippen LogP contribution is 2.32. The molecule has 0 spiro atoms. The maximum absolute atomic E-state index is 12.9. The van der Waals surface area contributed by atoms with Gasteiger partial charge in [0.25, 0.3) is 11.6 Å². The molecule has 11 heteroatoms. The lowest BCUT2D eigenvalue weighted by Crippen LogP contribution is -2.18. The van der Waals surface area contributed by atoms with E-state index in [-0.39, 0.29) is 21.8 Å². The number of carbonyl (C=O) groups excluding carboxylic acids is 1. The number of aromatic nitrogens is 2. The van der Waals surface area contributed by atoms with Gasteiger partial charge in [-0.15, -0.1) is 0 Å². The SMILES string of the molecule is Cc1cc(Cl)ccc1Oc1cc(NC(=O)c2ccnn2C(F)F)cc([N+](=O)[O-])c1. The van der Waals surface area contributed by atoms with Crippen molar-refractivity contribution in [2.24, 2.45) is 0 Å². The van der Waals surface area contributed by atoms with Crippen LogP contribution >= 0.6 is 11.6 Å². The summed E-state index contributed by atoms with van der Waals surface area (Å²) in [5, 5.41) is 17.5. The summed E-state index contributed by atoms with van der Waals surface area (Å²) in [7, 11) is 0. The predicted molar refractivity (Wildman–Crippen MR) is 101 cm³/mol. The second-order valence-corrected chi connectivity index (χ2v) is 6.31. The van der Waals surface area contributed by atoms with Gasteiger partial charge in [-0.3, -0.25) is 14.9 Å². The number of nitrogens with one attached hydrogen (secondary N) is 1. The van der Waals surface area contributed by atoms with Gasteiger partial charge in [-0.25, -0.2) is 0 Å². The lowest BCUT2D eigenvalue weighted by atomic mass is 10.2. The minimum Gasteiger partial charge on any atom is -0.457 e. The number of alkyl halides is 2. The van der Waals surface area contributed by atoms with Crippen LogP contribution in [0.4, 0.5) is 20.2 Å². The van der Waals surface area contributed by atoms with E-state index in [2.05, 4.69) is 10.4 Å². The van der Waals surface area contributed by atoms with Crippen LogP contribution in [-0.4, -0.2) is 20.6 Å². The fraction of sp³-hybridized carbons (Fsp3) is 0.111. The first-order chi connectivity index (χ1) is 13.7. The van der Waals surface area contributed by atoms with Crippen LogP contribution < -0.4 is 10.1 Å². The lowest BCUT2D eigenvalue weighted by Gasteiger charge is -2.12. The van der Waals surface area contributed by atoms with Crippen LogP contribution in [0.15, 0.2) is 48.7 Å². The van der Waals surface area contributed by atoms with Crippen molar-refractivity contribution in [3.63, 3.8) is 0 Å². The molecule has 3 rings (SSSR count). The van der Waals surface area contributed by atoms with Gasteiger partial charge in [0.05, 0.1) is 16.7 Å². The Hall–Kier alpha value is -3.53. The third-order valence-electron chi connectivity index (χ3n) is 3.81. The van der Waals surface area contributed by atoms with Crippen LogP contribution in [0.5, 0.6) is 11.5 Å². The summed E-state index contributed by atoms with van der Waals surface area (Å²) >= 11 is 5.90. The van der Waals surface area contributed by atoms with Crippen molar-refractivity contribution in [2.75, 3.05) is 5.32 Å². The van der Waals surface area contributed by atoms with Gasteiger partial charge in [0.1, 0.15) is 17.2 Å². The number of hydrogen-bond donors (Lipinski definition) is 1. The zero-order chi connectivity index (χ0) is 21.1. The number of halogens is 3. The van der Waals surface area contributed by atoms with Crippen molar-refractivity contribution in [3.8, 4) is 11.5 Å². The zero-order valence-corrected chi connectivity index (χ0v) is 15.6. The molecule has 0 aliphatic carbocycles. The summed E-state index contributed by atoms with van der Waals surface area (Å²) in [6.07, 6.45) is 1.05. The molecule has 0 aliphatic heterocycles. The number of hydrogen-bond acceptors (Lipinski definition) is 5. The quantitative estimate of drug-likeness (QED) is 0.435. The number of non-ortho nitro benzene ring substituents is 1. The monoisotopic (exact) mass is 422 g/mol. The summed E-state index contributed by atoms with van der Waals surface area (Å²) in [4.78, 5) is 22.9. The van der Waals surface area contributed by atoms with Gasteiger partial charge in [-0.05, 0) is 36.8 Å². The Kier molecular flexibility index (Phi) is 5.74. The Morgan fingerprint density at radius 1 is 1.28 bits per heavy atom. The normalized spacial score (nSPS) is 10.8. The summed E-state index contributed by atoms with van der Waals surface area (Å²) in [5.41, 5.74) is -0.0717. The molecular formula is C18H13ClF2N4O4. The molecule has 0 atom stereocenters. The van der Waals surface area contributed by atoms with E-state index >= 15 is 0 Å². The van der Waals surface area contributed by atoms with Crippen molar-refractivity contribution >= 4 is 28.9 Å². The summed E-state index contributed by atoms with van der Waals surface area (Å²) in [6.45, 7) is -1.27. The first-order valence-corrected chi connectivity index (χ1v) is 8.49. The summed E-state index contributed by atoms with van der Waals surface area (Å²) < 4.78 is 31.7. The third kappa shape index (κ3) is 4.66. The second kappa shape index (κ2) is 8.23. The number of nitro benzene ring substituents is 1. The average Bonchev–Trinajstić information content (AvgIpc) is 3.14. The Bertz CT molecular complexity index is 1090. The number of ether oxygens (including phenoxy) is 1. The molecule has 0 aliphatic rings. The van der Waals surface area contributed by atoms with E-state index in [1.54, 1.807) is 25.1 Å². The van der Waals surface area contributed by atoms with Gasteiger partial charge >= 0.3 is 6.55 Å². The maximum Gasteiger partial charge on any atom is 0.333 e. The molecule has 0 unspecified atom stereocenters. The van der Waals surface area contributed by atoms with E-state index in [0.29, 0.717) is 16.3 Å². The molecule has 150 valence electrons. The highest BCUT2D eigenvalue weighted by atomic mass is 35.5. The van der Waals surface area contributed by atoms with Gasteiger partial charge < -0.3 is 10.1 Å². The number of aryl methyl sites for hydroxylation is 1. The minimum absolute atomic E-state index is 0.00664. The van der Waals surface area contributed by atoms with Crippen molar-refractivity contribution < 1.29 is 23.2 Å². The fourth-order valence-electron chi connectivity index (χ4n) is 2.52. The van der Waals surface area contributed by atoms with E-state index in [9.17, 15) is 23.7 Å². The number of benzene rings is 2. The van der Waals surface area contributed by atoms with Gasteiger partial charge in [0.15, 0.2) is 0 Å². The zero-order valence-electron chi connectivity index (χ0n) is 14.8. The Labute approximate surface area is 167 Å². The molecule has 1 amide bonds. The van der Waals surface area contributed by atoms with Crippen LogP contribution in [0, 0.1) is 17.0 Å². The molecule has 0 fully saturated rings. The highest BCUT2D eigenvalue weighted by molar-refractivity contribution is 6.30. The number of rotatable bonds is 6. The molecule has 0 saturated carbocycles. The minimum atomic E-state index is -3.01. The highest BCUT2D eigenvalue weighted by Gasteiger charge is 2.20. The van der Waals surface area contributed by atoms with E-state index in [0.717, 1.165) is 18.3 Å². The number of nitro groups is 1. The molecule has 0 radical (unpaired) electrons. The molecule has 29 heavy (non-hydrogen) atoms. The molecule has 8 nitrogen and oxygen atoms in total. The summed E-state index contributed by atoms with van der Waals surface area (Å²) in [6, 6.07) is 9.54. The number of anilines is 1. The molecule has 0 saturated heterocycles. The predicted octanol–water partition coefficient (Wildman–Crippen LogP) is 5.19. The Morgan fingerprint density at radius 3 is 2.69 bits per heavy atom. The van der Waals surface area contributed by atoms with Gasteiger partial charge in [0, 0.05) is 23.4 Å². The molecule has 0 bridgehead atoms.